The molecule has 0 saturated carbocycles. The quantitative estimate of drug-likeness (QED) is 0.0484. The minimum absolute atomic E-state index is 0.0601. The van der Waals surface area contributed by atoms with Crippen LogP contribution >= 0.6 is 7.60 Å². The van der Waals surface area contributed by atoms with E-state index in [2.05, 4.69) is 27.6 Å². The lowest BCUT2D eigenvalue weighted by Crippen LogP contribution is -2.61. The third-order valence-corrected chi connectivity index (χ3v) is 15.2. The predicted molar refractivity (Wildman–Crippen MR) is 264 cm³/mol. The number of unbranched alkanes of at least 4 members (excludes halogenated alkanes) is 4. The van der Waals surface area contributed by atoms with Gasteiger partial charge in [-0.3, -0.25) is 43.4 Å². The number of hydrogen-bond donors (Lipinski definition) is 4. The van der Waals surface area contributed by atoms with Crippen molar-refractivity contribution in [1.29, 1.82) is 0 Å². The Balaban J connectivity index is 0.839. The highest BCUT2D eigenvalue weighted by Gasteiger charge is 2.47. The Kier molecular flexibility index (Phi) is 14.6. The molecule has 4 N–H and O–H groups in total. The first-order chi connectivity index (χ1) is 35.0. The Morgan fingerprint density at radius 2 is 1.75 bits per heavy atom. The maximum atomic E-state index is 14.9. The Labute approximate surface area is 419 Å². The number of hydrogen-bond acceptors (Lipinski definition) is 10. The summed E-state index contributed by atoms with van der Waals surface area (Å²) in [6, 6.07) is 16.0. The summed E-state index contributed by atoms with van der Waals surface area (Å²) in [5, 5.41) is 10.6. The Bertz CT molecular complexity index is 3180. The lowest BCUT2D eigenvalue weighted by Gasteiger charge is -2.39. The number of rotatable bonds is 13. The topological polar surface area (TPSA) is 240 Å². The minimum Gasteiger partial charge on any atom is -0.355 e. The number of alkyl halides is 1. The molecule has 7 amide bonds. The number of likely N-dealkylation sites (N-methyl/N-ethyl adjacent to an activating group) is 1. The van der Waals surface area contributed by atoms with Crippen LogP contribution in [0.15, 0.2) is 77.3 Å². The molecule has 3 fully saturated rings. The van der Waals surface area contributed by atoms with Gasteiger partial charge in [0.15, 0.2) is 11.3 Å². The number of aromatic nitrogens is 1. The van der Waals surface area contributed by atoms with Gasteiger partial charge in [-0.15, -0.1) is 0 Å². The van der Waals surface area contributed by atoms with Crippen LogP contribution in [0, 0.1) is 18.8 Å². The van der Waals surface area contributed by atoms with Crippen molar-refractivity contribution in [2.45, 2.75) is 108 Å². The van der Waals surface area contributed by atoms with E-state index in [0.717, 1.165) is 36.0 Å². The number of nitrogens with one attached hydrogen (secondary N) is 2. The van der Waals surface area contributed by atoms with Crippen molar-refractivity contribution >= 4 is 70.7 Å². The van der Waals surface area contributed by atoms with Crippen molar-refractivity contribution in [1.82, 2.24) is 35.4 Å². The second-order valence-corrected chi connectivity index (χ2v) is 20.9. The summed E-state index contributed by atoms with van der Waals surface area (Å²) in [5.74, 6) is 0.831. The van der Waals surface area contributed by atoms with Gasteiger partial charge in [-0.1, -0.05) is 65.7 Å². The third-order valence-electron chi connectivity index (χ3n) is 14.3. The lowest BCUT2D eigenvalue weighted by molar-refractivity contribution is -0.146. The van der Waals surface area contributed by atoms with Gasteiger partial charge in [0.2, 0.25) is 29.5 Å². The van der Waals surface area contributed by atoms with Crippen LogP contribution < -0.4 is 10.6 Å². The fourth-order valence-corrected chi connectivity index (χ4v) is 10.9. The highest BCUT2D eigenvalue weighted by atomic mass is 31.2. The van der Waals surface area contributed by atoms with Gasteiger partial charge in [0, 0.05) is 62.3 Å². The highest BCUT2D eigenvalue weighted by molar-refractivity contribution is 7.51. The number of imide groups is 1. The Hall–Kier alpha value is -7.26. The summed E-state index contributed by atoms with van der Waals surface area (Å²) >= 11 is 0. The first kappa shape index (κ1) is 50.7. The molecule has 20 heteroatoms. The van der Waals surface area contributed by atoms with Gasteiger partial charge in [0.05, 0.1) is 11.9 Å². The molecule has 4 aliphatic rings. The van der Waals surface area contributed by atoms with Crippen molar-refractivity contribution in [2.75, 3.05) is 26.7 Å². The molecule has 0 spiro atoms. The van der Waals surface area contributed by atoms with Crippen LogP contribution in [0.3, 0.4) is 0 Å². The predicted octanol–water partition coefficient (Wildman–Crippen LogP) is 5.66. The monoisotopic (exact) mass is 1020 g/mol. The Morgan fingerprint density at radius 1 is 0.959 bits per heavy atom. The maximum Gasteiger partial charge on any atom is 0.363 e. The van der Waals surface area contributed by atoms with Crippen LogP contribution in [0.2, 0.25) is 0 Å². The van der Waals surface area contributed by atoms with E-state index in [9.17, 15) is 52.3 Å². The van der Waals surface area contributed by atoms with E-state index < -0.39 is 61.3 Å². The normalized spacial score (nSPS) is 20.5. The molecule has 5 heterocycles. The average molecular weight is 1020 g/mol. The fourth-order valence-electron chi connectivity index (χ4n) is 10.4. The second-order valence-electron chi connectivity index (χ2n) is 19.3. The van der Waals surface area contributed by atoms with Crippen LogP contribution in [-0.2, 0) is 30.3 Å². The molecule has 4 aliphatic heterocycles. The summed E-state index contributed by atoms with van der Waals surface area (Å²) in [4.78, 5) is 120. The molecule has 3 saturated heterocycles. The molecule has 5 aromatic rings. The number of carbonyl (C=O) groups excluding carboxylic acids is 7. The van der Waals surface area contributed by atoms with Crippen LogP contribution in [0.5, 0.6) is 0 Å². The van der Waals surface area contributed by atoms with Gasteiger partial charge in [0.25, 0.3) is 17.7 Å². The molecule has 0 radical (unpaired) electrons. The minimum atomic E-state index is -5.12. The number of fused-ring (bicyclic) bond motifs is 4. The molecule has 4 aromatic carbocycles. The SMILES string of the molecule is Cc1ccc2onc(C(=O)N3CC[C@H]4CC[C@@H](C(=O)N(C)CCCCCCC#Cc5cccc6c5CN(C5CCC(=O)NC5=O)C6=O)N4C(=O)[C@@H](NC(=O)c4ccc5ccc(C(F)P(=O)(O)O)cc5c4)C3)c2c1. The maximum absolute atomic E-state index is 14.9. The van der Waals surface area contributed by atoms with Crippen LogP contribution in [-0.4, -0.2) is 127 Å². The third kappa shape index (κ3) is 10.6. The van der Waals surface area contributed by atoms with Crippen LogP contribution in [0.1, 0.15) is 124 Å². The molecule has 73 heavy (non-hydrogen) atoms. The summed E-state index contributed by atoms with van der Waals surface area (Å²) < 4.78 is 31.9. The van der Waals surface area contributed by atoms with Gasteiger partial charge < -0.3 is 39.2 Å². The molecular weight excluding hydrogens is 961 g/mol. The van der Waals surface area contributed by atoms with Crippen molar-refractivity contribution in [3.05, 3.63) is 112 Å². The molecular formula is C53H55FN7O11P. The molecule has 0 bridgehead atoms. The number of nitrogens with zero attached hydrogens (tertiary/aromatic N) is 5. The van der Waals surface area contributed by atoms with Crippen molar-refractivity contribution in [3.8, 4) is 11.8 Å². The van der Waals surface area contributed by atoms with Gasteiger partial charge >= 0.3 is 7.60 Å². The van der Waals surface area contributed by atoms with E-state index >= 15 is 0 Å². The molecule has 0 aliphatic carbocycles. The number of benzene rings is 4. The van der Waals surface area contributed by atoms with E-state index in [1.54, 1.807) is 47.2 Å². The van der Waals surface area contributed by atoms with E-state index in [1.807, 2.05) is 19.1 Å². The molecule has 9 rings (SSSR count). The van der Waals surface area contributed by atoms with Gasteiger partial charge in [-0.05, 0) is 110 Å². The average Bonchev–Trinajstić information content (AvgIpc) is 4.08. The standard InChI is InChI=1S/C53H55FN7O11P/c1-31-13-21-44-39(26-31)46(57-72-44)53(68)59-25-23-37-18-19-43(61(37)51(66)41(30-59)55-48(63)35-17-15-32-14-16-34(27-36(32)28-35)47(54)73(69,70)71)52(67)58(2)24-8-6-4-3-5-7-10-33-11-9-12-38-40(33)29-60(50(38)65)42-20-22-45(62)56-49(42)64/h9,11-17,21,26-28,37,41-43,47H,3-6,8,18-20,22-25,29-30H2,1-2H3,(H,55,63)(H,56,62,64)(H2,69,70,71)/t37-,41+,42?,43+,47?/m1/s1. The van der Waals surface area contributed by atoms with Crippen molar-refractivity contribution in [2.24, 2.45) is 0 Å². The summed E-state index contributed by atoms with van der Waals surface area (Å²) in [6.07, 6.45) is 5.48. The molecule has 1 aromatic heterocycles. The van der Waals surface area contributed by atoms with Crippen LogP contribution in [0.25, 0.3) is 21.7 Å². The summed E-state index contributed by atoms with van der Waals surface area (Å²) in [6.45, 7) is 2.48. The summed E-state index contributed by atoms with van der Waals surface area (Å²) in [7, 11) is -3.41. The van der Waals surface area contributed by atoms with E-state index in [0.29, 0.717) is 66.0 Å². The lowest BCUT2D eigenvalue weighted by atomic mass is 10.0. The number of amides is 7. The first-order valence-corrected chi connectivity index (χ1v) is 26.2. The zero-order valence-corrected chi connectivity index (χ0v) is 41.2. The van der Waals surface area contributed by atoms with Gasteiger partial charge in [-0.2, -0.15) is 0 Å². The molecule has 18 nitrogen and oxygen atoms in total. The smallest absolute Gasteiger partial charge is 0.355 e. The highest BCUT2D eigenvalue weighted by Crippen LogP contribution is 2.53. The van der Waals surface area contributed by atoms with Crippen LogP contribution in [0.4, 0.5) is 4.39 Å². The zero-order chi connectivity index (χ0) is 51.7. The van der Waals surface area contributed by atoms with Crippen molar-refractivity contribution in [3.63, 3.8) is 0 Å². The molecule has 2 unspecified atom stereocenters. The number of carbonyl (C=O) groups is 7. The van der Waals surface area contributed by atoms with E-state index in [4.69, 9.17) is 4.52 Å². The number of aryl methyl sites for hydroxylation is 1. The Morgan fingerprint density at radius 3 is 2.55 bits per heavy atom. The zero-order valence-electron chi connectivity index (χ0n) is 40.3. The van der Waals surface area contributed by atoms with Gasteiger partial charge in [0.1, 0.15) is 18.1 Å². The number of piperidine rings is 1. The summed E-state index contributed by atoms with van der Waals surface area (Å²) in [5.41, 5.74) is 3.16. The first-order valence-electron chi connectivity index (χ1n) is 24.5. The molecule has 380 valence electrons. The van der Waals surface area contributed by atoms with E-state index in [-0.39, 0.29) is 67.0 Å². The fraction of sp³-hybridized carbons (Fsp3) is 0.396. The second kappa shape index (κ2) is 21.1. The van der Waals surface area contributed by atoms with E-state index in [1.165, 1.54) is 40.1 Å². The largest absolute Gasteiger partial charge is 0.363 e. The number of halogens is 1. The molecule has 5 atom stereocenters. The van der Waals surface area contributed by atoms with Gasteiger partial charge in [-0.25, -0.2) is 4.39 Å². The van der Waals surface area contributed by atoms with Crippen molar-refractivity contribution < 1.29 is 56.8 Å².